The Labute approximate surface area is 157 Å². The van der Waals surface area contributed by atoms with Crippen LogP contribution in [-0.4, -0.2) is 51.6 Å². The number of aliphatic hydroxyl groups is 3. The first-order chi connectivity index (χ1) is 12.1. The van der Waals surface area contributed by atoms with Crippen LogP contribution in [0.1, 0.15) is 60.3 Å². The van der Waals surface area contributed by atoms with Gasteiger partial charge >= 0.3 is 0 Å². The van der Waals surface area contributed by atoms with Crippen molar-refractivity contribution in [2.75, 3.05) is 0 Å². The molecule has 1 saturated heterocycles. The number of aliphatic hydroxyl groups excluding tert-OH is 3. The Morgan fingerprint density at radius 3 is 2.27 bits per heavy atom. The third-order valence-electron chi connectivity index (χ3n) is 8.54. The molecular formula is C21H36O5. The summed E-state index contributed by atoms with van der Waals surface area (Å²) < 4.78 is 12.2. The van der Waals surface area contributed by atoms with Crippen LogP contribution in [0.2, 0.25) is 0 Å². The van der Waals surface area contributed by atoms with Gasteiger partial charge in [-0.3, -0.25) is 0 Å². The SMILES string of the molecule is C[C@@H]1CC[C@H]2[C@@H]1[C@H]1[C@@H](CC[C@]2(C)O[C@@H]2O[C@H](C)[C@H](O)[C@H](O)[C@H]2O)C1(C)C. The van der Waals surface area contributed by atoms with Crippen LogP contribution in [-0.2, 0) is 9.47 Å². The molecule has 0 unspecified atom stereocenters. The van der Waals surface area contributed by atoms with E-state index >= 15 is 0 Å². The Hall–Kier alpha value is -0.200. The van der Waals surface area contributed by atoms with Crippen molar-refractivity contribution in [1.82, 2.24) is 0 Å². The zero-order chi connectivity index (χ0) is 19.0. The molecule has 3 N–H and O–H groups in total. The van der Waals surface area contributed by atoms with Gasteiger partial charge in [-0.15, -0.1) is 0 Å². The Kier molecular flexibility index (Phi) is 4.52. The van der Waals surface area contributed by atoms with Crippen LogP contribution >= 0.6 is 0 Å². The standard InChI is InChI=1S/C21H36O5/c1-10-6-7-12-14(10)15-13(20(15,3)4)8-9-21(12,5)26-19-18(24)17(23)16(22)11(2)25-19/h10-19,22-24H,6-9H2,1-5H3/t10-,11-,12+,13-,14-,15-,16+,17+,18-,19+,21+/m1/s1. The number of ether oxygens (including phenoxy) is 2. The van der Waals surface area contributed by atoms with Crippen LogP contribution in [0, 0.1) is 35.0 Å². The molecule has 0 amide bonds. The molecule has 0 aromatic rings. The molecule has 0 radical (unpaired) electrons. The van der Waals surface area contributed by atoms with E-state index in [2.05, 4.69) is 27.7 Å². The Bertz CT molecular complexity index is 551. The summed E-state index contributed by atoms with van der Waals surface area (Å²) in [6.07, 6.45) is -0.466. The fraction of sp³-hybridized carbons (Fsp3) is 1.00. The van der Waals surface area contributed by atoms with Gasteiger partial charge in [0.15, 0.2) is 6.29 Å². The maximum atomic E-state index is 10.4. The molecule has 5 heteroatoms. The van der Waals surface area contributed by atoms with Crippen LogP contribution in [0.15, 0.2) is 0 Å². The lowest BCUT2D eigenvalue weighted by atomic mass is 9.74. The summed E-state index contributed by atoms with van der Waals surface area (Å²) in [5.74, 6) is 3.38. The lowest BCUT2D eigenvalue weighted by Crippen LogP contribution is -2.59. The predicted molar refractivity (Wildman–Crippen MR) is 97.2 cm³/mol. The second-order valence-electron chi connectivity index (χ2n) is 10.3. The Morgan fingerprint density at radius 2 is 1.58 bits per heavy atom. The van der Waals surface area contributed by atoms with Gasteiger partial charge in [-0.1, -0.05) is 27.2 Å². The smallest absolute Gasteiger partial charge is 0.187 e. The van der Waals surface area contributed by atoms with E-state index in [1.165, 1.54) is 6.42 Å². The Morgan fingerprint density at radius 1 is 0.885 bits per heavy atom. The first kappa shape index (κ1) is 19.1. The number of fused-ring (bicyclic) bond motifs is 3. The van der Waals surface area contributed by atoms with E-state index in [0.29, 0.717) is 23.2 Å². The summed E-state index contributed by atoms with van der Waals surface area (Å²) in [5, 5.41) is 30.5. The summed E-state index contributed by atoms with van der Waals surface area (Å²) in [5.41, 5.74) is 0.0881. The van der Waals surface area contributed by atoms with E-state index in [1.54, 1.807) is 6.92 Å². The van der Waals surface area contributed by atoms with Gasteiger partial charge in [0.1, 0.15) is 18.3 Å². The maximum absolute atomic E-state index is 10.4. The quantitative estimate of drug-likeness (QED) is 0.697. The molecule has 26 heavy (non-hydrogen) atoms. The Balaban J connectivity index is 1.56. The molecule has 4 rings (SSSR count). The summed E-state index contributed by atoms with van der Waals surface area (Å²) in [4.78, 5) is 0. The zero-order valence-corrected chi connectivity index (χ0v) is 16.8. The van der Waals surface area contributed by atoms with Gasteiger partial charge in [0, 0.05) is 0 Å². The highest BCUT2D eigenvalue weighted by Gasteiger charge is 2.67. The highest BCUT2D eigenvalue weighted by Crippen LogP contribution is 2.71. The second-order valence-corrected chi connectivity index (χ2v) is 10.3. The minimum atomic E-state index is -1.23. The topological polar surface area (TPSA) is 79.2 Å². The number of hydrogen-bond donors (Lipinski definition) is 3. The zero-order valence-electron chi connectivity index (χ0n) is 16.8. The molecule has 3 saturated carbocycles. The molecule has 3 aliphatic carbocycles. The number of hydrogen-bond acceptors (Lipinski definition) is 5. The lowest BCUT2D eigenvalue weighted by Gasteiger charge is -2.46. The van der Waals surface area contributed by atoms with Crippen molar-refractivity contribution in [2.24, 2.45) is 35.0 Å². The summed E-state index contributed by atoms with van der Waals surface area (Å²) in [6.45, 7) is 11.1. The predicted octanol–water partition coefficient (Wildman–Crippen LogP) is 2.32. The average Bonchev–Trinajstić information content (AvgIpc) is 2.95. The van der Waals surface area contributed by atoms with E-state index in [0.717, 1.165) is 31.1 Å². The van der Waals surface area contributed by atoms with Crippen molar-refractivity contribution in [3.8, 4) is 0 Å². The third-order valence-corrected chi connectivity index (χ3v) is 8.54. The fourth-order valence-electron chi connectivity index (χ4n) is 6.79. The van der Waals surface area contributed by atoms with Crippen molar-refractivity contribution in [1.29, 1.82) is 0 Å². The van der Waals surface area contributed by atoms with Crippen molar-refractivity contribution in [3.63, 3.8) is 0 Å². The molecule has 1 heterocycles. The first-order valence-electron chi connectivity index (χ1n) is 10.5. The van der Waals surface area contributed by atoms with Crippen LogP contribution < -0.4 is 0 Å². The molecule has 5 nitrogen and oxygen atoms in total. The molecule has 4 aliphatic rings. The van der Waals surface area contributed by atoms with Crippen LogP contribution in [0.5, 0.6) is 0 Å². The summed E-state index contributed by atoms with van der Waals surface area (Å²) in [7, 11) is 0. The van der Waals surface area contributed by atoms with Crippen molar-refractivity contribution in [3.05, 3.63) is 0 Å². The van der Waals surface area contributed by atoms with Crippen molar-refractivity contribution >= 4 is 0 Å². The van der Waals surface area contributed by atoms with Crippen LogP contribution in [0.3, 0.4) is 0 Å². The van der Waals surface area contributed by atoms with E-state index in [9.17, 15) is 15.3 Å². The van der Waals surface area contributed by atoms with E-state index in [-0.39, 0.29) is 5.60 Å². The lowest BCUT2D eigenvalue weighted by molar-refractivity contribution is -0.327. The summed E-state index contributed by atoms with van der Waals surface area (Å²) in [6, 6.07) is 0. The fourth-order valence-corrected chi connectivity index (χ4v) is 6.79. The van der Waals surface area contributed by atoms with E-state index in [1.807, 2.05) is 0 Å². The largest absolute Gasteiger partial charge is 0.388 e. The highest BCUT2D eigenvalue weighted by molar-refractivity contribution is 5.15. The third kappa shape index (κ3) is 2.69. The molecule has 0 aromatic carbocycles. The molecular weight excluding hydrogens is 332 g/mol. The molecule has 150 valence electrons. The summed E-state index contributed by atoms with van der Waals surface area (Å²) >= 11 is 0. The number of rotatable bonds is 2. The second kappa shape index (κ2) is 6.15. The van der Waals surface area contributed by atoms with Gasteiger partial charge in [0.25, 0.3) is 0 Å². The van der Waals surface area contributed by atoms with Gasteiger partial charge in [0.05, 0.1) is 11.7 Å². The minimum absolute atomic E-state index is 0.355. The normalized spacial score (nSPS) is 58.6. The minimum Gasteiger partial charge on any atom is -0.388 e. The first-order valence-corrected chi connectivity index (χ1v) is 10.5. The van der Waals surface area contributed by atoms with Crippen LogP contribution in [0.25, 0.3) is 0 Å². The van der Waals surface area contributed by atoms with Crippen molar-refractivity contribution < 1.29 is 24.8 Å². The van der Waals surface area contributed by atoms with Crippen molar-refractivity contribution in [2.45, 2.75) is 96.6 Å². The highest BCUT2D eigenvalue weighted by atomic mass is 16.7. The molecule has 4 fully saturated rings. The molecule has 0 aromatic heterocycles. The molecule has 1 aliphatic heterocycles. The van der Waals surface area contributed by atoms with Gasteiger partial charge in [-0.25, -0.2) is 0 Å². The molecule has 0 bridgehead atoms. The maximum Gasteiger partial charge on any atom is 0.187 e. The molecule has 11 atom stereocenters. The monoisotopic (exact) mass is 368 g/mol. The molecule has 0 spiro atoms. The van der Waals surface area contributed by atoms with Gasteiger partial charge in [-0.2, -0.15) is 0 Å². The van der Waals surface area contributed by atoms with E-state index < -0.39 is 30.7 Å². The van der Waals surface area contributed by atoms with Gasteiger partial charge < -0.3 is 24.8 Å². The van der Waals surface area contributed by atoms with E-state index in [4.69, 9.17) is 9.47 Å². The van der Waals surface area contributed by atoms with Gasteiger partial charge in [-0.05, 0) is 68.1 Å². The van der Waals surface area contributed by atoms with Gasteiger partial charge in [0.2, 0.25) is 0 Å². The average molecular weight is 369 g/mol. The van der Waals surface area contributed by atoms with Crippen LogP contribution in [0.4, 0.5) is 0 Å².